The van der Waals surface area contributed by atoms with E-state index in [0.717, 1.165) is 5.56 Å². The first-order chi connectivity index (χ1) is 14.3. The van der Waals surface area contributed by atoms with Crippen LogP contribution in [-0.4, -0.2) is 20.9 Å². The fourth-order valence-electron chi connectivity index (χ4n) is 2.94. The molecule has 1 aromatic heterocycles. The summed E-state index contributed by atoms with van der Waals surface area (Å²) in [5.41, 5.74) is 2.83. The minimum absolute atomic E-state index is 0.0622. The molecule has 0 aliphatic rings. The smallest absolute Gasteiger partial charge is 0.270 e. The van der Waals surface area contributed by atoms with Gasteiger partial charge < -0.3 is 14.8 Å². The number of halogens is 1. The van der Waals surface area contributed by atoms with E-state index in [1.54, 1.807) is 6.07 Å². The maximum absolute atomic E-state index is 12.7. The van der Waals surface area contributed by atoms with Gasteiger partial charge in [0.15, 0.2) is 5.58 Å². The molecule has 3 aromatic carbocycles. The number of oxazole rings is 1. The molecule has 9 heteroatoms. The highest BCUT2D eigenvalue weighted by atomic mass is 79.9. The molecule has 4 rings (SSSR count). The van der Waals surface area contributed by atoms with E-state index in [1.807, 2.05) is 19.1 Å². The second kappa shape index (κ2) is 7.60. The molecular formula is C21H14BrN3O5. The molecule has 1 amide bonds. The number of nitro groups is 1. The number of aryl methyl sites for hydroxylation is 1. The number of non-ortho nitro benzene ring substituents is 1. The van der Waals surface area contributed by atoms with Crippen LogP contribution in [0.2, 0.25) is 0 Å². The molecule has 150 valence electrons. The highest BCUT2D eigenvalue weighted by molar-refractivity contribution is 9.10. The molecule has 0 atom stereocenters. The number of amides is 1. The largest absolute Gasteiger partial charge is 0.507 e. The van der Waals surface area contributed by atoms with Gasteiger partial charge in [0.25, 0.3) is 11.6 Å². The number of hydrogen-bond acceptors (Lipinski definition) is 6. The first-order valence-electron chi connectivity index (χ1n) is 8.78. The summed E-state index contributed by atoms with van der Waals surface area (Å²) in [6.45, 7) is 1.94. The lowest BCUT2D eigenvalue weighted by atomic mass is 10.1. The molecule has 30 heavy (non-hydrogen) atoms. The number of hydrogen-bond donors (Lipinski definition) is 2. The van der Waals surface area contributed by atoms with Gasteiger partial charge in [-0.1, -0.05) is 6.07 Å². The van der Waals surface area contributed by atoms with Crippen molar-refractivity contribution in [1.29, 1.82) is 0 Å². The summed E-state index contributed by atoms with van der Waals surface area (Å²) in [6, 6.07) is 13.9. The number of aromatic hydroxyl groups is 1. The van der Waals surface area contributed by atoms with E-state index >= 15 is 0 Å². The van der Waals surface area contributed by atoms with Crippen LogP contribution in [0.25, 0.3) is 22.6 Å². The van der Waals surface area contributed by atoms with Crippen molar-refractivity contribution in [2.45, 2.75) is 6.92 Å². The van der Waals surface area contributed by atoms with E-state index in [9.17, 15) is 20.0 Å². The Labute approximate surface area is 178 Å². The number of carbonyl (C=O) groups is 1. The van der Waals surface area contributed by atoms with E-state index in [2.05, 4.69) is 26.2 Å². The lowest BCUT2D eigenvalue weighted by Crippen LogP contribution is -2.13. The van der Waals surface area contributed by atoms with Gasteiger partial charge in [0, 0.05) is 22.3 Å². The Balaban J connectivity index is 1.67. The molecular weight excluding hydrogens is 454 g/mol. The summed E-state index contributed by atoms with van der Waals surface area (Å²) < 4.78 is 6.15. The van der Waals surface area contributed by atoms with Gasteiger partial charge in [-0.2, -0.15) is 0 Å². The minimum atomic E-state index is -0.573. The number of phenolic OH excluding ortho intramolecular Hbond substituents is 1. The van der Waals surface area contributed by atoms with E-state index in [1.165, 1.54) is 36.4 Å². The zero-order valence-electron chi connectivity index (χ0n) is 15.5. The number of fused-ring (bicyclic) bond motifs is 1. The maximum Gasteiger partial charge on any atom is 0.270 e. The predicted octanol–water partition coefficient (Wildman–Crippen LogP) is 5.43. The number of nitrogens with zero attached hydrogens (tertiary/aromatic N) is 2. The zero-order chi connectivity index (χ0) is 21.4. The Hall–Kier alpha value is -3.72. The van der Waals surface area contributed by atoms with E-state index in [4.69, 9.17) is 4.42 Å². The molecule has 0 aliphatic carbocycles. The first kappa shape index (κ1) is 19.6. The Kier molecular flexibility index (Phi) is 4.96. The van der Waals surface area contributed by atoms with Crippen molar-refractivity contribution >= 4 is 44.3 Å². The molecule has 0 saturated carbocycles. The second-order valence-electron chi connectivity index (χ2n) is 6.60. The van der Waals surface area contributed by atoms with E-state index in [0.29, 0.717) is 26.8 Å². The van der Waals surface area contributed by atoms with Crippen LogP contribution in [-0.2, 0) is 0 Å². The average Bonchev–Trinajstić information content (AvgIpc) is 3.12. The van der Waals surface area contributed by atoms with Crippen molar-refractivity contribution in [3.8, 4) is 17.2 Å². The summed E-state index contributed by atoms with van der Waals surface area (Å²) in [6.07, 6.45) is 0. The van der Waals surface area contributed by atoms with Crippen LogP contribution in [0.15, 0.2) is 63.5 Å². The number of rotatable bonds is 4. The van der Waals surface area contributed by atoms with Crippen molar-refractivity contribution in [3.05, 3.63) is 80.3 Å². The van der Waals surface area contributed by atoms with Crippen molar-refractivity contribution in [3.63, 3.8) is 0 Å². The van der Waals surface area contributed by atoms with Crippen LogP contribution in [0, 0.1) is 17.0 Å². The van der Waals surface area contributed by atoms with Crippen molar-refractivity contribution < 1.29 is 19.2 Å². The van der Waals surface area contributed by atoms with Gasteiger partial charge in [-0.25, -0.2) is 4.98 Å². The number of benzene rings is 3. The van der Waals surface area contributed by atoms with Crippen LogP contribution >= 0.6 is 15.9 Å². The monoisotopic (exact) mass is 467 g/mol. The number of anilines is 1. The predicted molar refractivity (Wildman–Crippen MR) is 115 cm³/mol. The third kappa shape index (κ3) is 3.74. The van der Waals surface area contributed by atoms with Gasteiger partial charge in [-0.3, -0.25) is 14.9 Å². The lowest BCUT2D eigenvalue weighted by molar-refractivity contribution is -0.384. The summed E-state index contributed by atoms with van der Waals surface area (Å²) in [5, 5.41) is 23.9. The molecule has 4 aromatic rings. The van der Waals surface area contributed by atoms with Gasteiger partial charge >= 0.3 is 0 Å². The van der Waals surface area contributed by atoms with Gasteiger partial charge in [-0.05, 0) is 64.8 Å². The summed E-state index contributed by atoms with van der Waals surface area (Å²) in [7, 11) is 0. The van der Waals surface area contributed by atoms with Crippen LogP contribution in [0.4, 0.5) is 11.4 Å². The Bertz CT molecular complexity index is 1320. The fraction of sp³-hybridized carbons (Fsp3) is 0.0476. The fourth-order valence-corrected chi connectivity index (χ4v) is 3.36. The van der Waals surface area contributed by atoms with Crippen molar-refractivity contribution in [1.82, 2.24) is 4.98 Å². The first-order valence-corrected chi connectivity index (χ1v) is 9.57. The Morgan fingerprint density at radius 2 is 1.97 bits per heavy atom. The molecule has 0 spiro atoms. The quantitative estimate of drug-likeness (QED) is 0.234. The molecule has 8 nitrogen and oxygen atoms in total. The minimum Gasteiger partial charge on any atom is -0.507 e. The van der Waals surface area contributed by atoms with Crippen LogP contribution in [0.3, 0.4) is 0 Å². The molecule has 0 fully saturated rings. The van der Waals surface area contributed by atoms with Crippen LogP contribution in [0.5, 0.6) is 5.75 Å². The molecule has 0 aliphatic heterocycles. The second-order valence-corrected chi connectivity index (χ2v) is 7.45. The van der Waals surface area contributed by atoms with Crippen LogP contribution < -0.4 is 5.32 Å². The normalized spacial score (nSPS) is 10.9. The van der Waals surface area contributed by atoms with Gasteiger partial charge in [-0.15, -0.1) is 0 Å². The SMILES string of the molecule is Cc1ccc2oc(-c3cc(NC(=O)c4cc([N+](=O)[O-])ccc4Br)ccc3O)nc2c1. The number of aromatic nitrogens is 1. The average molecular weight is 468 g/mol. The summed E-state index contributed by atoms with van der Waals surface area (Å²) in [4.78, 5) is 27.5. The van der Waals surface area contributed by atoms with Gasteiger partial charge in [0.05, 0.1) is 16.1 Å². The summed E-state index contributed by atoms with van der Waals surface area (Å²) in [5.74, 6) is -0.399. The van der Waals surface area contributed by atoms with Gasteiger partial charge in [0.2, 0.25) is 5.89 Å². The van der Waals surface area contributed by atoms with Crippen molar-refractivity contribution in [2.24, 2.45) is 0 Å². The number of phenols is 1. The number of nitrogens with one attached hydrogen (secondary N) is 1. The van der Waals surface area contributed by atoms with Gasteiger partial charge in [0.1, 0.15) is 11.3 Å². The topological polar surface area (TPSA) is 118 Å². The molecule has 1 heterocycles. The van der Waals surface area contributed by atoms with Crippen molar-refractivity contribution in [2.75, 3.05) is 5.32 Å². The Morgan fingerprint density at radius 3 is 2.73 bits per heavy atom. The molecule has 0 saturated heterocycles. The number of carbonyl (C=O) groups excluding carboxylic acids is 1. The highest BCUT2D eigenvalue weighted by Crippen LogP contribution is 2.34. The zero-order valence-corrected chi connectivity index (χ0v) is 17.1. The Morgan fingerprint density at radius 1 is 1.17 bits per heavy atom. The third-order valence-electron chi connectivity index (χ3n) is 4.43. The molecule has 0 bridgehead atoms. The van der Waals surface area contributed by atoms with E-state index in [-0.39, 0.29) is 22.9 Å². The summed E-state index contributed by atoms with van der Waals surface area (Å²) >= 11 is 3.23. The molecule has 0 unspecified atom stereocenters. The highest BCUT2D eigenvalue weighted by Gasteiger charge is 2.18. The molecule has 0 radical (unpaired) electrons. The lowest BCUT2D eigenvalue weighted by Gasteiger charge is -2.09. The molecule has 2 N–H and O–H groups in total. The number of nitro benzene ring substituents is 1. The standard InChI is InChI=1S/C21H14BrN3O5/c1-11-2-7-19-17(8-11)24-21(30-19)15-9-12(3-6-18(15)26)23-20(27)14-10-13(25(28)29)4-5-16(14)22/h2-10,26H,1H3,(H,23,27). The van der Waals surface area contributed by atoms with E-state index < -0.39 is 10.8 Å². The van der Waals surface area contributed by atoms with Crippen LogP contribution in [0.1, 0.15) is 15.9 Å². The maximum atomic E-state index is 12.7. The third-order valence-corrected chi connectivity index (χ3v) is 5.12.